The third kappa shape index (κ3) is 4.00. The van der Waals surface area contributed by atoms with Crippen LogP contribution in [0.15, 0.2) is 36.4 Å². The Morgan fingerprint density at radius 2 is 1.89 bits per heavy atom. The van der Waals surface area contributed by atoms with Crippen LogP contribution >= 0.6 is 0 Å². The molecule has 8 heteroatoms. The number of benzene rings is 2. The summed E-state index contributed by atoms with van der Waals surface area (Å²) in [5.41, 5.74) is 1.58. The summed E-state index contributed by atoms with van der Waals surface area (Å²) < 4.78 is 41.2. The molecule has 1 heterocycles. The molecule has 1 atom stereocenters. The van der Waals surface area contributed by atoms with Gasteiger partial charge < -0.3 is 15.4 Å². The Bertz CT molecular complexity index is 1060. The van der Waals surface area contributed by atoms with Gasteiger partial charge in [-0.15, -0.1) is 0 Å². The second kappa shape index (κ2) is 8.15. The maximum Gasteiger partial charge on any atom is 0.221 e. The number of aromatic nitrogens is 1. The summed E-state index contributed by atoms with van der Waals surface area (Å²) in [5.74, 6) is -2.47. The molecule has 28 heavy (non-hydrogen) atoms. The number of H-pyrrole nitrogens is 1. The van der Waals surface area contributed by atoms with Crippen LogP contribution in [0.3, 0.4) is 0 Å². The highest BCUT2D eigenvalue weighted by molar-refractivity contribution is 5.92. The predicted molar refractivity (Wildman–Crippen MR) is 96.6 cm³/mol. The van der Waals surface area contributed by atoms with E-state index in [-0.39, 0.29) is 23.7 Å². The van der Waals surface area contributed by atoms with E-state index in [1.54, 1.807) is 6.07 Å². The summed E-state index contributed by atoms with van der Waals surface area (Å²) in [6.07, 6.45) is 0.0441. The molecule has 0 saturated carbocycles. The number of hydrogen-bond acceptors (Lipinski definition) is 3. The van der Waals surface area contributed by atoms with E-state index in [9.17, 15) is 18.0 Å². The normalized spacial score (nSPS) is 12.0. The van der Waals surface area contributed by atoms with Crippen LogP contribution in [0.4, 0.5) is 13.2 Å². The van der Waals surface area contributed by atoms with Crippen LogP contribution in [0.2, 0.25) is 0 Å². The summed E-state index contributed by atoms with van der Waals surface area (Å²) in [5, 5.41) is 20.4. The van der Waals surface area contributed by atoms with Crippen molar-refractivity contribution in [2.24, 2.45) is 0 Å². The number of carbonyl (C=O) groups excluding carboxylic acids is 1. The fourth-order valence-electron chi connectivity index (χ4n) is 3.02. The number of nitrogens with one attached hydrogen (secondary N) is 2. The predicted octanol–water partition coefficient (Wildman–Crippen LogP) is 3.19. The Morgan fingerprint density at radius 1 is 1.18 bits per heavy atom. The second-order valence-electron chi connectivity index (χ2n) is 6.23. The molecule has 0 aliphatic rings. The number of aryl methyl sites for hydroxylation is 1. The van der Waals surface area contributed by atoms with Gasteiger partial charge in [-0.05, 0) is 47.9 Å². The first-order valence-corrected chi connectivity index (χ1v) is 8.48. The van der Waals surface area contributed by atoms with Crippen molar-refractivity contribution in [3.8, 4) is 17.3 Å². The van der Waals surface area contributed by atoms with Crippen LogP contribution in [-0.4, -0.2) is 28.6 Å². The number of nitrogens with zero attached hydrogens (tertiary/aromatic N) is 1. The molecule has 144 valence electrons. The molecule has 0 radical (unpaired) electrons. The minimum Gasteiger partial charge on any atom is -0.393 e. The lowest BCUT2D eigenvalue weighted by atomic mass is 10.0. The van der Waals surface area contributed by atoms with Crippen LogP contribution in [0, 0.1) is 28.8 Å². The number of hydrogen-bond donors (Lipinski definition) is 3. The monoisotopic (exact) mass is 387 g/mol. The van der Waals surface area contributed by atoms with E-state index < -0.39 is 36.0 Å². The van der Waals surface area contributed by atoms with Gasteiger partial charge in [0.1, 0.15) is 23.5 Å². The van der Waals surface area contributed by atoms with Crippen molar-refractivity contribution in [2.75, 3.05) is 6.61 Å². The van der Waals surface area contributed by atoms with Crippen LogP contribution in [-0.2, 0) is 11.2 Å². The average Bonchev–Trinajstić information content (AvgIpc) is 3.03. The number of aliphatic hydroxyl groups excluding tert-OH is 1. The van der Waals surface area contributed by atoms with Crippen molar-refractivity contribution < 1.29 is 23.1 Å². The molecule has 5 nitrogen and oxygen atoms in total. The topological polar surface area (TPSA) is 88.9 Å². The number of aromatic amines is 1. The van der Waals surface area contributed by atoms with E-state index in [4.69, 9.17) is 10.4 Å². The summed E-state index contributed by atoms with van der Waals surface area (Å²) in [6.45, 7) is -0.521. The molecular weight excluding hydrogens is 371 g/mol. The number of carbonyl (C=O) groups is 1. The first kappa shape index (κ1) is 19.5. The van der Waals surface area contributed by atoms with Crippen molar-refractivity contribution in [1.82, 2.24) is 10.3 Å². The van der Waals surface area contributed by atoms with E-state index in [0.717, 1.165) is 6.07 Å². The van der Waals surface area contributed by atoms with E-state index in [2.05, 4.69) is 10.3 Å². The van der Waals surface area contributed by atoms with Crippen LogP contribution in [0.5, 0.6) is 0 Å². The lowest BCUT2D eigenvalue weighted by Crippen LogP contribution is -2.36. The van der Waals surface area contributed by atoms with Gasteiger partial charge in [-0.25, -0.2) is 13.2 Å². The maximum absolute atomic E-state index is 14.2. The standard InChI is InChI=1S/C20H16F3N3O2/c21-12-3-1-11(2-4-12)19-15(5-6-18(28)25-14(9-24)10-27)16-7-13(22)8-17(23)20(16)26-19/h1-4,7-8,14,26-27H,5-6,10H2,(H,25,28). The number of aliphatic hydroxyl groups is 1. The Hall–Kier alpha value is -3.31. The smallest absolute Gasteiger partial charge is 0.221 e. The maximum atomic E-state index is 14.2. The first-order valence-electron chi connectivity index (χ1n) is 8.48. The SMILES string of the molecule is N#CC(CO)NC(=O)CCc1c(-c2ccc(F)cc2)[nH]c2c(F)cc(F)cc12. The van der Waals surface area contributed by atoms with Gasteiger partial charge in [0.05, 0.1) is 18.2 Å². The molecule has 1 aromatic heterocycles. The quantitative estimate of drug-likeness (QED) is 0.607. The Kier molecular flexibility index (Phi) is 5.66. The first-order chi connectivity index (χ1) is 13.4. The van der Waals surface area contributed by atoms with Crippen molar-refractivity contribution in [1.29, 1.82) is 5.26 Å². The third-order valence-electron chi connectivity index (χ3n) is 4.34. The number of amides is 1. The number of rotatable bonds is 6. The molecule has 2 aromatic carbocycles. The molecule has 0 aliphatic carbocycles. The summed E-state index contributed by atoms with van der Waals surface area (Å²) >= 11 is 0. The average molecular weight is 387 g/mol. The van der Waals surface area contributed by atoms with E-state index >= 15 is 0 Å². The molecule has 3 rings (SSSR count). The fourth-order valence-corrected chi connectivity index (χ4v) is 3.02. The van der Waals surface area contributed by atoms with E-state index in [1.165, 1.54) is 30.3 Å². The van der Waals surface area contributed by atoms with Crippen molar-refractivity contribution in [3.05, 3.63) is 59.4 Å². The highest BCUT2D eigenvalue weighted by Crippen LogP contribution is 2.33. The molecule has 0 aliphatic heterocycles. The van der Waals surface area contributed by atoms with Crippen molar-refractivity contribution in [3.63, 3.8) is 0 Å². The molecule has 3 aromatic rings. The van der Waals surface area contributed by atoms with Gasteiger partial charge in [0.15, 0.2) is 0 Å². The van der Waals surface area contributed by atoms with Gasteiger partial charge >= 0.3 is 0 Å². The minimum absolute atomic E-state index is 0.0720. The zero-order valence-electron chi connectivity index (χ0n) is 14.6. The molecule has 3 N–H and O–H groups in total. The van der Waals surface area contributed by atoms with Crippen molar-refractivity contribution in [2.45, 2.75) is 18.9 Å². The zero-order chi connectivity index (χ0) is 20.3. The minimum atomic E-state index is -1.03. The third-order valence-corrected chi connectivity index (χ3v) is 4.34. The highest BCUT2D eigenvalue weighted by atomic mass is 19.1. The van der Waals surface area contributed by atoms with Crippen molar-refractivity contribution >= 4 is 16.8 Å². The highest BCUT2D eigenvalue weighted by Gasteiger charge is 2.19. The largest absolute Gasteiger partial charge is 0.393 e. The molecule has 1 amide bonds. The lowest BCUT2D eigenvalue weighted by Gasteiger charge is -2.09. The van der Waals surface area contributed by atoms with E-state index in [0.29, 0.717) is 16.8 Å². The van der Waals surface area contributed by atoms with E-state index in [1.807, 2.05) is 0 Å². The fraction of sp³-hybridized carbons (Fsp3) is 0.200. The number of nitriles is 1. The van der Waals surface area contributed by atoms with Gasteiger partial charge in [-0.3, -0.25) is 4.79 Å². The molecule has 0 fully saturated rings. The summed E-state index contributed by atoms with van der Waals surface area (Å²) in [4.78, 5) is 14.9. The van der Waals surface area contributed by atoms with Gasteiger partial charge in [0.25, 0.3) is 0 Å². The molecule has 1 unspecified atom stereocenters. The van der Waals surface area contributed by atoms with Crippen LogP contribution in [0.25, 0.3) is 22.2 Å². The Morgan fingerprint density at radius 3 is 2.54 bits per heavy atom. The second-order valence-corrected chi connectivity index (χ2v) is 6.23. The zero-order valence-corrected chi connectivity index (χ0v) is 14.6. The Balaban J connectivity index is 1.99. The number of fused-ring (bicyclic) bond motifs is 1. The molecular formula is C20H16F3N3O2. The molecule has 0 bridgehead atoms. The number of halogens is 3. The van der Waals surface area contributed by atoms with Crippen LogP contribution in [0.1, 0.15) is 12.0 Å². The van der Waals surface area contributed by atoms with Gasteiger partial charge in [0.2, 0.25) is 5.91 Å². The van der Waals surface area contributed by atoms with Gasteiger partial charge in [0, 0.05) is 23.6 Å². The van der Waals surface area contributed by atoms with Gasteiger partial charge in [-0.1, -0.05) is 0 Å². The lowest BCUT2D eigenvalue weighted by molar-refractivity contribution is -0.121. The van der Waals surface area contributed by atoms with Crippen LogP contribution < -0.4 is 5.32 Å². The Labute approximate surface area is 158 Å². The summed E-state index contributed by atoms with van der Waals surface area (Å²) in [6, 6.07) is 8.11. The van der Waals surface area contributed by atoms with Gasteiger partial charge in [-0.2, -0.15) is 5.26 Å². The molecule has 0 spiro atoms. The molecule has 0 saturated heterocycles. The summed E-state index contributed by atoms with van der Waals surface area (Å²) in [7, 11) is 0.